The van der Waals surface area contributed by atoms with Crippen LogP contribution in [0.1, 0.15) is 48.1 Å². The van der Waals surface area contributed by atoms with Crippen molar-refractivity contribution in [2.24, 2.45) is 5.92 Å². The summed E-state index contributed by atoms with van der Waals surface area (Å²) in [6.07, 6.45) is 3.43. The monoisotopic (exact) mass is 363 g/mol. The van der Waals surface area contributed by atoms with Crippen molar-refractivity contribution in [1.82, 2.24) is 15.0 Å². The number of hydrogen-bond acceptors (Lipinski definition) is 6. The highest BCUT2D eigenvalue weighted by Crippen LogP contribution is 2.19. The molecule has 1 aliphatic rings. The lowest BCUT2D eigenvalue weighted by Gasteiger charge is -2.31. The molecule has 1 saturated heterocycles. The number of rotatable bonds is 7. The molecule has 1 amide bonds. The Morgan fingerprint density at radius 2 is 2.24 bits per heavy atom. The van der Waals surface area contributed by atoms with Gasteiger partial charge in [-0.05, 0) is 30.2 Å². The minimum absolute atomic E-state index is 0.137. The molecule has 0 saturated carbocycles. The summed E-state index contributed by atoms with van der Waals surface area (Å²) in [5, 5.41) is 5.94. The number of hydrogen-bond donors (Lipinski definition) is 0. The van der Waals surface area contributed by atoms with Gasteiger partial charge in [0.1, 0.15) is 0 Å². The second-order valence-corrected chi connectivity index (χ2v) is 7.74. The van der Waals surface area contributed by atoms with Gasteiger partial charge < -0.3 is 14.2 Å². The molecule has 0 unspecified atom stereocenters. The van der Waals surface area contributed by atoms with Crippen molar-refractivity contribution < 1.29 is 14.1 Å². The second kappa shape index (κ2) is 8.58. The molecule has 0 N–H and O–H groups in total. The lowest BCUT2D eigenvalue weighted by Crippen LogP contribution is -2.40. The summed E-state index contributed by atoms with van der Waals surface area (Å²) in [5.74, 6) is 2.05. The summed E-state index contributed by atoms with van der Waals surface area (Å²) in [5.41, 5.74) is 0. The van der Waals surface area contributed by atoms with Crippen molar-refractivity contribution in [2.75, 3.05) is 19.7 Å². The van der Waals surface area contributed by atoms with E-state index in [2.05, 4.69) is 24.0 Å². The maximum Gasteiger partial charge on any atom is 0.263 e. The van der Waals surface area contributed by atoms with E-state index in [4.69, 9.17) is 9.26 Å². The summed E-state index contributed by atoms with van der Waals surface area (Å²) in [6.45, 7) is 6.35. The molecule has 1 fully saturated rings. The van der Waals surface area contributed by atoms with Gasteiger partial charge in [0.25, 0.3) is 5.91 Å². The Hall–Kier alpha value is -1.73. The summed E-state index contributed by atoms with van der Waals surface area (Å²) in [4.78, 5) is 19.4. The van der Waals surface area contributed by atoms with Crippen LogP contribution in [-0.2, 0) is 17.6 Å². The van der Waals surface area contributed by atoms with Crippen molar-refractivity contribution in [2.45, 2.75) is 45.6 Å². The highest BCUT2D eigenvalue weighted by atomic mass is 32.1. The first kappa shape index (κ1) is 18.1. The van der Waals surface area contributed by atoms with E-state index in [9.17, 15) is 4.79 Å². The molecular formula is C18H25N3O3S. The SMILES string of the molecule is CC(C)Cc1nc(CCOC2CCN(C(=O)c3cccs3)CC2)no1. The van der Waals surface area contributed by atoms with E-state index in [-0.39, 0.29) is 12.0 Å². The van der Waals surface area contributed by atoms with Crippen LogP contribution in [0.4, 0.5) is 0 Å². The van der Waals surface area contributed by atoms with Crippen LogP contribution >= 0.6 is 11.3 Å². The molecule has 7 heteroatoms. The molecule has 0 aliphatic carbocycles. The first-order valence-electron chi connectivity index (χ1n) is 8.87. The van der Waals surface area contributed by atoms with Crippen LogP contribution in [0.25, 0.3) is 0 Å². The van der Waals surface area contributed by atoms with Crippen molar-refractivity contribution in [3.05, 3.63) is 34.1 Å². The van der Waals surface area contributed by atoms with Crippen LogP contribution < -0.4 is 0 Å². The van der Waals surface area contributed by atoms with E-state index in [1.807, 2.05) is 22.4 Å². The van der Waals surface area contributed by atoms with Gasteiger partial charge >= 0.3 is 0 Å². The number of amides is 1. The number of ether oxygens (including phenoxy) is 1. The van der Waals surface area contributed by atoms with Crippen LogP contribution in [0.3, 0.4) is 0 Å². The zero-order chi connectivity index (χ0) is 17.6. The predicted molar refractivity (Wildman–Crippen MR) is 95.7 cm³/mol. The van der Waals surface area contributed by atoms with Gasteiger partial charge in [-0.3, -0.25) is 4.79 Å². The topological polar surface area (TPSA) is 68.5 Å². The first-order valence-corrected chi connectivity index (χ1v) is 9.75. The Morgan fingerprint density at radius 3 is 2.92 bits per heavy atom. The molecule has 3 heterocycles. The fourth-order valence-electron chi connectivity index (χ4n) is 2.92. The van der Waals surface area contributed by atoms with Crippen LogP contribution in [0, 0.1) is 5.92 Å². The number of likely N-dealkylation sites (tertiary alicyclic amines) is 1. The van der Waals surface area contributed by atoms with Crippen LogP contribution in [0.2, 0.25) is 0 Å². The van der Waals surface area contributed by atoms with Crippen molar-refractivity contribution in [3.8, 4) is 0 Å². The lowest BCUT2D eigenvalue weighted by molar-refractivity contribution is 0.00961. The molecule has 0 aromatic carbocycles. The van der Waals surface area contributed by atoms with E-state index < -0.39 is 0 Å². The molecular weight excluding hydrogens is 338 g/mol. The van der Waals surface area contributed by atoms with Gasteiger partial charge in [0, 0.05) is 25.9 Å². The minimum Gasteiger partial charge on any atom is -0.378 e. The maximum atomic E-state index is 12.3. The molecule has 25 heavy (non-hydrogen) atoms. The van der Waals surface area contributed by atoms with E-state index in [1.165, 1.54) is 11.3 Å². The van der Waals surface area contributed by atoms with Gasteiger partial charge in [0.15, 0.2) is 5.82 Å². The van der Waals surface area contributed by atoms with Gasteiger partial charge in [0.2, 0.25) is 5.89 Å². The fourth-order valence-corrected chi connectivity index (χ4v) is 3.61. The molecule has 2 aromatic heterocycles. The van der Waals surface area contributed by atoms with Crippen molar-refractivity contribution >= 4 is 17.2 Å². The minimum atomic E-state index is 0.137. The molecule has 0 atom stereocenters. The van der Waals surface area contributed by atoms with E-state index in [0.29, 0.717) is 30.7 Å². The normalized spacial score (nSPS) is 15.9. The third-order valence-electron chi connectivity index (χ3n) is 4.23. The number of nitrogens with zero attached hydrogens (tertiary/aromatic N) is 3. The van der Waals surface area contributed by atoms with Gasteiger partial charge in [-0.2, -0.15) is 4.98 Å². The summed E-state index contributed by atoms with van der Waals surface area (Å²) >= 11 is 1.50. The molecule has 6 nitrogen and oxygen atoms in total. The van der Waals surface area contributed by atoms with Crippen molar-refractivity contribution in [3.63, 3.8) is 0 Å². The molecule has 0 radical (unpaired) electrons. The molecule has 136 valence electrons. The van der Waals surface area contributed by atoms with Gasteiger partial charge in [0.05, 0.1) is 17.6 Å². The average molecular weight is 363 g/mol. The molecule has 1 aliphatic heterocycles. The van der Waals surface area contributed by atoms with Gasteiger partial charge in [-0.25, -0.2) is 0 Å². The molecule has 3 rings (SSSR count). The molecule has 0 bridgehead atoms. The average Bonchev–Trinajstić information content (AvgIpc) is 3.26. The summed E-state index contributed by atoms with van der Waals surface area (Å²) in [7, 11) is 0. The number of piperidine rings is 1. The first-order chi connectivity index (χ1) is 12.1. The zero-order valence-electron chi connectivity index (χ0n) is 14.8. The largest absolute Gasteiger partial charge is 0.378 e. The van der Waals surface area contributed by atoms with Crippen molar-refractivity contribution in [1.29, 1.82) is 0 Å². The summed E-state index contributed by atoms with van der Waals surface area (Å²) < 4.78 is 11.2. The third-order valence-corrected chi connectivity index (χ3v) is 5.09. The zero-order valence-corrected chi connectivity index (χ0v) is 15.6. The predicted octanol–water partition coefficient (Wildman–Crippen LogP) is 3.19. The maximum absolute atomic E-state index is 12.3. The fraction of sp³-hybridized carbons (Fsp3) is 0.611. The molecule has 0 spiro atoms. The Morgan fingerprint density at radius 1 is 1.44 bits per heavy atom. The number of thiophene rings is 1. The van der Waals surface area contributed by atoms with E-state index in [1.54, 1.807) is 0 Å². The smallest absolute Gasteiger partial charge is 0.263 e. The Kier molecular flexibility index (Phi) is 6.20. The highest BCUT2D eigenvalue weighted by molar-refractivity contribution is 7.12. The second-order valence-electron chi connectivity index (χ2n) is 6.79. The lowest BCUT2D eigenvalue weighted by atomic mass is 10.1. The standard InChI is InChI=1S/C18H25N3O3S/c1-13(2)12-17-19-16(20-24-17)7-10-23-14-5-8-21(9-6-14)18(22)15-4-3-11-25-15/h3-4,11,13-14H,5-10,12H2,1-2H3. The Balaban J connectivity index is 1.36. The quantitative estimate of drug-likeness (QED) is 0.756. The third kappa shape index (κ3) is 5.12. The van der Waals surface area contributed by atoms with Gasteiger partial charge in [-0.1, -0.05) is 25.1 Å². The van der Waals surface area contributed by atoms with Crippen LogP contribution in [0.5, 0.6) is 0 Å². The molecule has 2 aromatic rings. The van der Waals surface area contributed by atoms with E-state index in [0.717, 1.165) is 37.2 Å². The number of carbonyl (C=O) groups is 1. The van der Waals surface area contributed by atoms with E-state index >= 15 is 0 Å². The number of aromatic nitrogens is 2. The number of carbonyl (C=O) groups excluding carboxylic acids is 1. The Labute approximate surface area is 152 Å². The van der Waals surface area contributed by atoms with Crippen LogP contribution in [-0.4, -0.2) is 46.7 Å². The highest BCUT2D eigenvalue weighted by Gasteiger charge is 2.24. The Bertz CT molecular complexity index is 661. The summed E-state index contributed by atoms with van der Waals surface area (Å²) in [6, 6.07) is 3.80. The van der Waals surface area contributed by atoms with Crippen LogP contribution in [0.15, 0.2) is 22.0 Å². The van der Waals surface area contributed by atoms with Gasteiger partial charge in [-0.15, -0.1) is 11.3 Å².